The number of rotatable bonds is 0. The Kier molecular flexibility index (Phi) is 13.5. The van der Waals surface area contributed by atoms with Crippen LogP contribution >= 0.6 is 0 Å². The summed E-state index contributed by atoms with van der Waals surface area (Å²) < 4.78 is 0. The van der Waals surface area contributed by atoms with Gasteiger partial charge in [0.25, 0.3) is 0 Å². The molecule has 4 heteroatoms. The molecule has 1 N–H and O–H groups in total. The molecule has 0 saturated heterocycles. The molecule has 6 aromatic rings. The van der Waals surface area contributed by atoms with Gasteiger partial charge in [-0.3, -0.25) is 15.0 Å². The van der Waals surface area contributed by atoms with Gasteiger partial charge in [0.15, 0.2) is 0 Å². The molecule has 7 aliphatic rings. The molecule has 0 radical (unpaired) electrons. The molecule has 0 aliphatic carbocycles. The van der Waals surface area contributed by atoms with Crippen molar-refractivity contribution in [2.24, 2.45) is 0 Å². The SMILES string of the molecule is c1ccc2c(c1)C1CCCCCCc3ccc(cc3)-c3ccc(cn3)CCCCCCc3ccc(cc3)-c3ccc(cn3)CCCCCCc3ccc(cc3)N2N1. The van der Waals surface area contributed by atoms with Crippen LogP contribution in [0.25, 0.3) is 22.5 Å². The van der Waals surface area contributed by atoms with Crippen molar-refractivity contribution >= 4 is 11.4 Å². The molecule has 13 rings (SSSR count). The van der Waals surface area contributed by atoms with Crippen LogP contribution in [0.4, 0.5) is 11.4 Å². The molecule has 57 heavy (non-hydrogen) atoms. The normalized spacial score (nSPS) is 17.7. The van der Waals surface area contributed by atoms with Gasteiger partial charge in [-0.25, -0.2) is 5.43 Å². The minimum Gasteiger partial charge on any atom is -0.276 e. The number of fused-ring (bicyclic) bond motifs is 6. The van der Waals surface area contributed by atoms with Crippen LogP contribution in [0.1, 0.15) is 123 Å². The van der Waals surface area contributed by atoms with Gasteiger partial charge in [0.05, 0.1) is 28.8 Å². The number of benzene rings is 4. The van der Waals surface area contributed by atoms with E-state index in [0.717, 1.165) is 49.9 Å². The first-order valence-electron chi connectivity index (χ1n) is 22.1. The summed E-state index contributed by atoms with van der Waals surface area (Å²) in [6, 6.07) is 45.7. The Morgan fingerprint density at radius 2 is 0.825 bits per heavy atom. The number of pyridine rings is 2. The Morgan fingerprint density at radius 1 is 0.404 bits per heavy atom. The second kappa shape index (κ2) is 19.9. The van der Waals surface area contributed by atoms with Crippen molar-refractivity contribution in [1.29, 1.82) is 0 Å². The Hall–Kier alpha value is -5.06. The fourth-order valence-electron chi connectivity index (χ4n) is 8.75. The zero-order chi connectivity index (χ0) is 38.5. The van der Waals surface area contributed by atoms with E-state index in [1.807, 2.05) is 0 Å². The zero-order valence-corrected chi connectivity index (χ0v) is 33.8. The van der Waals surface area contributed by atoms with E-state index in [0.29, 0.717) is 6.04 Å². The highest BCUT2D eigenvalue weighted by molar-refractivity contribution is 5.69. The summed E-state index contributed by atoms with van der Waals surface area (Å²) in [7, 11) is 0. The van der Waals surface area contributed by atoms with Crippen LogP contribution in [-0.2, 0) is 32.1 Å². The molecule has 4 nitrogen and oxygen atoms in total. The molecule has 292 valence electrons. The zero-order valence-electron chi connectivity index (χ0n) is 33.8. The van der Waals surface area contributed by atoms with Gasteiger partial charge in [0.1, 0.15) is 0 Å². The fourth-order valence-corrected chi connectivity index (χ4v) is 8.75. The lowest BCUT2D eigenvalue weighted by molar-refractivity contribution is 0.499. The predicted molar refractivity (Wildman–Crippen MR) is 239 cm³/mol. The number of hydrazine groups is 1. The first-order chi connectivity index (χ1) is 28.2. The average Bonchev–Trinajstić information content (AvgIpc) is 3.64. The molecule has 12 bridgehead atoms. The minimum absolute atomic E-state index is 0.358. The highest BCUT2D eigenvalue weighted by Gasteiger charge is 2.28. The van der Waals surface area contributed by atoms with E-state index in [2.05, 4.69) is 144 Å². The van der Waals surface area contributed by atoms with E-state index in [1.165, 1.54) is 133 Å². The molecule has 4 aromatic carbocycles. The van der Waals surface area contributed by atoms with E-state index in [1.54, 1.807) is 0 Å². The Balaban J connectivity index is 0.877. The number of anilines is 2. The van der Waals surface area contributed by atoms with Crippen molar-refractivity contribution in [3.63, 3.8) is 0 Å². The maximum absolute atomic E-state index is 4.84. The van der Waals surface area contributed by atoms with E-state index < -0.39 is 0 Å². The van der Waals surface area contributed by atoms with Gasteiger partial charge in [0.2, 0.25) is 0 Å². The van der Waals surface area contributed by atoms with E-state index in [4.69, 9.17) is 9.97 Å². The molecule has 2 aromatic heterocycles. The number of nitrogens with one attached hydrogen (secondary N) is 1. The van der Waals surface area contributed by atoms with Crippen molar-refractivity contribution in [2.45, 2.75) is 122 Å². The van der Waals surface area contributed by atoms with Gasteiger partial charge in [0, 0.05) is 23.5 Å². The molecule has 0 saturated carbocycles. The largest absolute Gasteiger partial charge is 0.276 e. The second-order valence-electron chi connectivity index (χ2n) is 16.5. The molecular formula is C53H60N4. The van der Waals surface area contributed by atoms with Crippen molar-refractivity contribution < 1.29 is 0 Å². The summed E-state index contributed by atoms with van der Waals surface area (Å²) in [5, 5.41) is 2.31. The van der Waals surface area contributed by atoms with Crippen molar-refractivity contribution in [2.75, 3.05) is 5.01 Å². The van der Waals surface area contributed by atoms with Gasteiger partial charge in [-0.15, -0.1) is 0 Å². The number of hydrogen-bond acceptors (Lipinski definition) is 4. The molecule has 0 fully saturated rings. The first-order valence-corrected chi connectivity index (χ1v) is 22.1. The van der Waals surface area contributed by atoms with Gasteiger partial charge < -0.3 is 0 Å². The first kappa shape index (κ1) is 38.8. The van der Waals surface area contributed by atoms with E-state index in [-0.39, 0.29) is 0 Å². The van der Waals surface area contributed by atoms with Crippen molar-refractivity contribution in [3.05, 3.63) is 167 Å². The monoisotopic (exact) mass is 752 g/mol. The Morgan fingerprint density at radius 3 is 1.30 bits per heavy atom. The minimum atomic E-state index is 0.358. The third kappa shape index (κ3) is 10.7. The number of para-hydroxylation sites is 1. The summed E-state index contributed by atoms with van der Waals surface area (Å²) in [5.74, 6) is 0. The van der Waals surface area contributed by atoms with Crippen LogP contribution in [0.3, 0.4) is 0 Å². The maximum atomic E-state index is 4.84. The third-order valence-corrected chi connectivity index (χ3v) is 12.3. The summed E-state index contributed by atoms with van der Waals surface area (Å²) in [6.07, 6.45) is 25.9. The third-order valence-electron chi connectivity index (χ3n) is 12.3. The highest BCUT2D eigenvalue weighted by atomic mass is 15.5. The number of hydrogen-bond donors (Lipinski definition) is 1. The Labute approximate surface area is 341 Å². The quantitative estimate of drug-likeness (QED) is 0.168. The summed E-state index contributed by atoms with van der Waals surface area (Å²) in [4.78, 5) is 9.68. The summed E-state index contributed by atoms with van der Waals surface area (Å²) >= 11 is 0. The summed E-state index contributed by atoms with van der Waals surface area (Å²) in [6.45, 7) is 0. The van der Waals surface area contributed by atoms with Crippen LogP contribution < -0.4 is 10.4 Å². The van der Waals surface area contributed by atoms with Crippen LogP contribution in [0.5, 0.6) is 0 Å². The maximum Gasteiger partial charge on any atom is 0.0702 e. The van der Waals surface area contributed by atoms with Crippen LogP contribution in [0, 0.1) is 0 Å². The van der Waals surface area contributed by atoms with Crippen LogP contribution in [0.15, 0.2) is 134 Å². The topological polar surface area (TPSA) is 41.1 Å². The van der Waals surface area contributed by atoms with Crippen molar-refractivity contribution in [3.8, 4) is 22.5 Å². The lowest BCUT2D eigenvalue weighted by Gasteiger charge is -2.21. The van der Waals surface area contributed by atoms with Gasteiger partial charge >= 0.3 is 0 Å². The predicted octanol–water partition coefficient (Wildman–Crippen LogP) is 13.7. The van der Waals surface area contributed by atoms with E-state index >= 15 is 0 Å². The lowest BCUT2D eigenvalue weighted by Crippen LogP contribution is -2.30. The van der Waals surface area contributed by atoms with Gasteiger partial charge in [-0.2, -0.15) is 0 Å². The fraction of sp³-hybridized carbons (Fsp3) is 0.358. The molecule has 1 atom stereocenters. The Bertz CT molecular complexity index is 2100. The number of aromatic nitrogens is 2. The lowest BCUT2D eigenvalue weighted by atomic mass is 9.99. The van der Waals surface area contributed by atoms with E-state index in [9.17, 15) is 0 Å². The molecular weight excluding hydrogens is 693 g/mol. The smallest absolute Gasteiger partial charge is 0.0702 e. The van der Waals surface area contributed by atoms with Gasteiger partial charge in [-0.1, -0.05) is 136 Å². The highest BCUT2D eigenvalue weighted by Crippen LogP contribution is 2.39. The molecule has 0 amide bonds. The van der Waals surface area contributed by atoms with Crippen LogP contribution in [0.2, 0.25) is 0 Å². The average molecular weight is 753 g/mol. The molecule has 7 aliphatic heterocycles. The van der Waals surface area contributed by atoms with Gasteiger partial charge in [-0.05, 0) is 134 Å². The molecule has 9 heterocycles. The number of aryl methyl sites for hydroxylation is 5. The molecule has 1 unspecified atom stereocenters. The second-order valence-corrected chi connectivity index (χ2v) is 16.5. The van der Waals surface area contributed by atoms with Crippen molar-refractivity contribution in [1.82, 2.24) is 15.4 Å². The van der Waals surface area contributed by atoms with Crippen LogP contribution in [-0.4, -0.2) is 9.97 Å². The number of nitrogens with zero attached hydrogens (tertiary/aromatic N) is 3. The standard InChI is InChI=1S/C53H60N4/c1-3-10-18-44-29-37-51(54-39-44)47-33-25-42(26-34-47)16-9-5-6-12-21-52-49-20-13-14-22-53(49)57(56-52)48-35-27-43(28-36-48)17-8-2-4-11-19-45-30-38-50(55-40-45)46-31-23-41(15-7-1)24-32-46/h13-14,20,22-40,52,56H,1-12,15-19,21H2. The molecule has 0 spiro atoms. The summed E-state index contributed by atoms with van der Waals surface area (Å²) in [5.41, 5.74) is 19.3.